The van der Waals surface area contributed by atoms with Crippen molar-refractivity contribution in [3.63, 3.8) is 0 Å². The maximum Gasteiger partial charge on any atom is 0.472 e. The van der Waals surface area contributed by atoms with Gasteiger partial charge in [-0.1, -0.05) is 213 Å². The first kappa shape index (κ1) is 58.5. The SMILES string of the molecule is CCCCCCCCCCCCCC(=O)OCC(O)COP(=O)(O)OCC(COC(=O)CCCCCCCCCCCCC)OC(=O)CCCCCCCCCCCCC. The molecule has 11 nitrogen and oxygen atoms in total. The molecule has 12 heteroatoms. The van der Waals surface area contributed by atoms with Crippen LogP contribution >= 0.6 is 7.82 Å². The van der Waals surface area contributed by atoms with Gasteiger partial charge in [0, 0.05) is 19.3 Å². The van der Waals surface area contributed by atoms with Crippen LogP contribution < -0.4 is 0 Å². The molecule has 0 aliphatic carbocycles. The van der Waals surface area contributed by atoms with Crippen LogP contribution in [0.2, 0.25) is 0 Å². The number of hydrogen-bond donors (Lipinski definition) is 2. The molecule has 3 atom stereocenters. The Morgan fingerprint density at radius 1 is 0.400 bits per heavy atom. The van der Waals surface area contributed by atoms with Crippen molar-refractivity contribution < 1.29 is 52.2 Å². The number of rotatable bonds is 47. The van der Waals surface area contributed by atoms with E-state index in [4.69, 9.17) is 23.3 Å². The second-order valence-corrected chi connectivity index (χ2v) is 18.5. The maximum atomic E-state index is 12.7. The molecule has 0 saturated carbocycles. The van der Waals surface area contributed by atoms with Crippen LogP contribution in [-0.4, -0.2) is 66.5 Å². The van der Waals surface area contributed by atoms with Crippen molar-refractivity contribution in [1.29, 1.82) is 0 Å². The second-order valence-electron chi connectivity index (χ2n) is 17.0. The Bertz CT molecular complexity index is 1030. The van der Waals surface area contributed by atoms with E-state index in [1.165, 1.54) is 135 Å². The molecule has 356 valence electrons. The summed E-state index contributed by atoms with van der Waals surface area (Å²) in [5.74, 6) is -1.37. The third-order valence-electron chi connectivity index (χ3n) is 11.0. The van der Waals surface area contributed by atoms with E-state index in [2.05, 4.69) is 20.8 Å². The van der Waals surface area contributed by atoms with Crippen molar-refractivity contribution >= 4 is 25.7 Å². The standard InChI is InChI=1S/C48H93O11P/c1-4-7-10-13-16-19-22-25-28-31-34-37-46(50)55-40-44(49)41-57-60(53,54)58-43-45(59-48(52)39-36-33-30-27-24-21-18-15-12-9-6-3)42-56-47(51)38-35-32-29-26-23-20-17-14-11-8-5-2/h44-45,49H,4-43H2,1-3H3,(H,53,54). The topological polar surface area (TPSA) is 155 Å². The smallest absolute Gasteiger partial charge is 0.463 e. The Morgan fingerprint density at radius 3 is 1.03 bits per heavy atom. The van der Waals surface area contributed by atoms with Gasteiger partial charge in [-0.25, -0.2) is 4.57 Å². The van der Waals surface area contributed by atoms with Crippen LogP contribution in [-0.2, 0) is 42.2 Å². The van der Waals surface area contributed by atoms with E-state index in [-0.39, 0.29) is 32.5 Å². The predicted molar refractivity (Wildman–Crippen MR) is 243 cm³/mol. The van der Waals surface area contributed by atoms with E-state index >= 15 is 0 Å². The number of hydrogen-bond acceptors (Lipinski definition) is 10. The first-order valence-corrected chi connectivity index (χ1v) is 26.4. The molecule has 0 amide bonds. The summed E-state index contributed by atoms with van der Waals surface area (Å²) >= 11 is 0. The zero-order valence-corrected chi connectivity index (χ0v) is 39.8. The summed E-state index contributed by atoms with van der Waals surface area (Å²) < 4.78 is 38.8. The van der Waals surface area contributed by atoms with Crippen LogP contribution in [0.15, 0.2) is 0 Å². The van der Waals surface area contributed by atoms with Gasteiger partial charge in [-0.15, -0.1) is 0 Å². The summed E-state index contributed by atoms with van der Waals surface area (Å²) in [7, 11) is -4.70. The fourth-order valence-electron chi connectivity index (χ4n) is 7.12. The molecule has 0 aromatic rings. The molecule has 0 aliphatic rings. The molecule has 0 heterocycles. The Morgan fingerprint density at radius 2 is 0.683 bits per heavy atom. The Hall–Kier alpha value is -1.52. The number of carbonyl (C=O) groups is 3. The first-order valence-electron chi connectivity index (χ1n) is 24.9. The largest absolute Gasteiger partial charge is 0.472 e. The van der Waals surface area contributed by atoms with Gasteiger partial charge < -0.3 is 24.2 Å². The van der Waals surface area contributed by atoms with Gasteiger partial charge in [-0.3, -0.25) is 23.4 Å². The molecule has 0 spiro atoms. The number of aliphatic hydroxyl groups excluding tert-OH is 1. The summed E-state index contributed by atoms with van der Waals surface area (Å²) in [6.45, 7) is 4.81. The van der Waals surface area contributed by atoms with Crippen molar-refractivity contribution in [2.24, 2.45) is 0 Å². The van der Waals surface area contributed by atoms with Crippen LogP contribution in [0.4, 0.5) is 0 Å². The highest BCUT2D eigenvalue weighted by atomic mass is 31.2. The van der Waals surface area contributed by atoms with E-state index in [1.807, 2.05) is 0 Å². The van der Waals surface area contributed by atoms with E-state index in [0.29, 0.717) is 19.3 Å². The minimum absolute atomic E-state index is 0.178. The number of phosphoric acid groups is 1. The number of phosphoric ester groups is 1. The summed E-state index contributed by atoms with van der Waals surface area (Å²) in [5, 5.41) is 10.2. The van der Waals surface area contributed by atoms with Gasteiger partial charge in [0.15, 0.2) is 6.10 Å². The third kappa shape index (κ3) is 43.1. The number of carbonyl (C=O) groups excluding carboxylic acids is 3. The van der Waals surface area contributed by atoms with Crippen LogP contribution in [0, 0.1) is 0 Å². The molecule has 0 aromatic carbocycles. The van der Waals surface area contributed by atoms with E-state index in [0.717, 1.165) is 57.8 Å². The van der Waals surface area contributed by atoms with Gasteiger partial charge in [0.05, 0.1) is 13.2 Å². The lowest BCUT2D eigenvalue weighted by molar-refractivity contribution is -0.161. The number of unbranched alkanes of at least 4 members (excludes halogenated alkanes) is 30. The zero-order chi connectivity index (χ0) is 44.2. The minimum atomic E-state index is -4.70. The monoisotopic (exact) mass is 877 g/mol. The third-order valence-corrected chi connectivity index (χ3v) is 11.9. The summed E-state index contributed by atoms with van der Waals surface area (Å²) in [6, 6.07) is 0. The van der Waals surface area contributed by atoms with Crippen molar-refractivity contribution in [3.05, 3.63) is 0 Å². The van der Waals surface area contributed by atoms with Crippen LogP contribution in [0.5, 0.6) is 0 Å². The molecule has 0 saturated heterocycles. The molecule has 0 radical (unpaired) electrons. The van der Waals surface area contributed by atoms with Crippen molar-refractivity contribution in [1.82, 2.24) is 0 Å². The molecular formula is C48H93O11P. The average molecular weight is 877 g/mol. The lowest BCUT2D eigenvalue weighted by Gasteiger charge is -2.20. The van der Waals surface area contributed by atoms with Crippen molar-refractivity contribution in [2.75, 3.05) is 26.4 Å². The molecule has 2 N–H and O–H groups in total. The molecule has 0 aliphatic heterocycles. The first-order chi connectivity index (χ1) is 29.1. The van der Waals surface area contributed by atoms with Gasteiger partial charge in [0.2, 0.25) is 0 Å². The molecule has 0 rings (SSSR count). The molecule has 0 aromatic heterocycles. The predicted octanol–water partition coefficient (Wildman–Crippen LogP) is 13.6. The summed E-state index contributed by atoms with van der Waals surface area (Å²) in [6.07, 6.45) is 36.5. The highest BCUT2D eigenvalue weighted by molar-refractivity contribution is 7.47. The van der Waals surface area contributed by atoms with Crippen molar-refractivity contribution in [3.8, 4) is 0 Å². The quantitative estimate of drug-likeness (QED) is 0.0260. The Kier molecular flexibility index (Phi) is 43.0. The molecule has 60 heavy (non-hydrogen) atoms. The maximum absolute atomic E-state index is 12.7. The normalized spacial score (nSPS) is 13.5. The molecule has 0 fully saturated rings. The van der Waals surface area contributed by atoms with Gasteiger partial charge in [0.1, 0.15) is 19.3 Å². The number of esters is 3. The van der Waals surface area contributed by atoms with Crippen LogP contribution in [0.25, 0.3) is 0 Å². The molecule has 0 bridgehead atoms. The fourth-order valence-corrected chi connectivity index (χ4v) is 7.91. The summed E-state index contributed by atoms with van der Waals surface area (Å²) in [5.41, 5.74) is 0. The fraction of sp³-hybridized carbons (Fsp3) is 0.938. The lowest BCUT2D eigenvalue weighted by Crippen LogP contribution is -2.30. The minimum Gasteiger partial charge on any atom is -0.463 e. The molecular weight excluding hydrogens is 783 g/mol. The van der Waals surface area contributed by atoms with Crippen LogP contribution in [0.1, 0.15) is 252 Å². The second kappa shape index (κ2) is 44.1. The van der Waals surface area contributed by atoms with Crippen LogP contribution in [0.3, 0.4) is 0 Å². The van der Waals surface area contributed by atoms with E-state index < -0.39 is 51.2 Å². The zero-order valence-electron chi connectivity index (χ0n) is 39.0. The Balaban J connectivity index is 4.57. The summed E-state index contributed by atoms with van der Waals surface area (Å²) in [4.78, 5) is 47.7. The number of ether oxygens (including phenoxy) is 3. The van der Waals surface area contributed by atoms with E-state index in [1.54, 1.807) is 0 Å². The Labute approximate surface area is 367 Å². The average Bonchev–Trinajstić information content (AvgIpc) is 3.23. The lowest BCUT2D eigenvalue weighted by atomic mass is 10.1. The van der Waals surface area contributed by atoms with E-state index in [9.17, 15) is 28.9 Å². The van der Waals surface area contributed by atoms with Gasteiger partial charge >= 0.3 is 25.7 Å². The van der Waals surface area contributed by atoms with Gasteiger partial charge in [-0.2, -0.15) is 0 Å². The van der Waals surface area contributed by atoms with Gasteiger partial charge in [0.25, 0.3) is 0 Å². The number of aliphatic hydroxyl groups is 1. The highest BCUT2D eigenvalue weighted by Crippen LogP contribution is 2.43. The highest BCUT2D eigenvalue weighted by Gasteiger charge is 2.27. The van der Waals surface area contributed by atoms with Gasteiger partial charge in [-0.05, 0) is 19.3 Å². The molecule has 3 unspecified atom stereocenters. The van der Waals surface area contributed by atoms with Crippen molar-refractivity contribution in [2.45, 2.75) is 264 Å².